The minimum atomic E-state index is -0.0299. The van der Waals surface area contributed by atoms with Crippen LogP contribution in [0.15, 0.2) is 64.8 Å². The molecule has 4 N–H and O–H groups in total. The van der Waals surface area contributed by atoms with Crippen LogP contribution in [0, 0.1) is 6.92 Å². The second kappa shape index (κ2) is 5.56. The van der Waals surface area contributed by atoms with Gasteiger partial charge in [-0.3, -0.25) is 4.79 Å². The fraction of sp³-hybridized carbons (Fsp3) is 0.0500. The molecule has 0 fully saturated rings. The van der Waals surface area contributed by atoms with Gasteiger partial charge in [0, 0.05) is 22.5 Å². The summed E-state index contributed by atoms with van der Waals surface area (Å²) < 4.78 is 0. The van der Waals surface area contributed by atoms with Crippen molar-refractivity contribution in [3.05, 3.63) is 71.3 Å². The molecule has 3 aromatic carbocycles. The maximum Gasteiger partial charge on any atom is 0.194 e. The Labute approximate surface area is 145 Å². The number of carbonyl (C=O) groups excluding carboxylic acids is 1. The van der Waals surface area contributed by atoms with Crippen molar-refractivity contribution in [1.82, 2.24) is 0 Å². The normalized spacial score (nSPS) is 12.4. The van der Waals surface area contributed by atoms with Crippen molar-refractivity contribution in [2.45, 2.75) is 6.92 Å². The second-order valence-electron chi connectivity index (χ2n) is 6.10. The van der Waals surface area contributed by atoms with Crippen LogP contribution in [0.1, 0.15) is 21.5 Å². The molecule has 1 aliphatic carbocycles. The van der Waals surface area contributed by atoms with Crippen LogP contribution in [0.25, 0.3) is 11.1 Å². The van der Waals surface area contributed by atoms with Gasteiger partial charge in [-0.2, -0.15) is 10.2 Å². The van der Waals surface area contributed by atoms with E-state index in [1.807, 2.05) is 37.3 Å². The van der Waals surface area contributed by atoms with Gasteiger partial charge in [-0.25, -0.2) is 0 Å². The SMILES string of the molecule is Cc1cc(/N=N/c2ccc3c(c2)C(=O)c2cc(N)ccc2-3)ccc1N. The Morgan fingerprint density at radius 1 is 0.720 bits per heavy atom. The topological polar surface area (TPSA) is 93.8 Å². The zero-order valence-corrected chi connectivity index (χ0v) is 13.7. The largest absolute Gasteiger partial charge is 0.399 e. The number of carbonyl (C=O) groups is 1. The summed E-state index contributed by atoms with van der Waals surface area (Å²) in [6.45, 7) is 1.92. The predicted octanol–water partition coefficient (Wildman–Crippen LogP) is 4.79. The molecule has 0 saturated carbocycles. The molecule has 25 heavy (non-hydrogen) atoms. The first-order valence-electron chi connectivity index (χ1n) is 7.89. The van der Waals surface area contributed by atoms with Crippen molar-refractivity contribution in [1.29, 1.82) is 0 Å². The van der Waals surface area contributed by atoms with Crippen LogP contribution < -0.4 is 11.5 Å². The van der Waals surface area contributed by atoms with Gasteiger partial charge in [0.2, 0.25) is 0 Å². The van der Waals surface area contributed by atoms with Crippen LogP contribution in [0.2, 0.25) is 0 Å². The highest BCUT2D eigenvalue weighted by molar-refractivity contribution is 6.22. The van der Waals surface area contributed by atoms with Crippen LogP contribution >= 0.6 is 0 Å². The number of fused-ring (bicyclic) bond motifs is 3. The summed E-state index contributed by atoms with van der Waals surface area (Å²) in [5.41, 5.74) is 18.3. The molecule has 0 saturated heterocycles. The first kappa shape index (κ1) is 15.1. The maximum atomic E-state index is 12.6. The highest BCUT2D eigenvalue weighted by Crippen LogP contribution is 2.39. The zero-order chi connectivity index (χ0) is 17.6. The Morgan fingerprint density at radius 2 is 1.32 bits per heavy atom. The molecule has 4 rings (SSSR count). The molecule has 0 heterocycles. The van der Waals surface area contributed by atoms with Crippen molar-refractivity contribution in [2.24, 2.45) is 10.2 Å². The van der Waals surface area contributed by atoms with Gasteiger partial charge in [0.25, 0.3) is 0 Å². The van der Waals surface area contributed by atoms with Crippen LogP contribution in [0.5, 0.6) is 0 Å². The fourth-order valence-corrected chi connectivity index (χ4v) is 2.98. The summed E-state index contributed by atoms with van der Waals surface area (Å²) >= 11 is 0. The molecule has 0 aliphatic heterocycles. The summed E-state index contributed by atoms with van der Waals surface area (Å²) in [6, 6.07) is 16.4. The molecule has 0 aromatic heterocycles. The molecule has 0 amide bonds. The van der Waals surface area contributed by atoms with E-state index in [0.29, 0.717) is 22.5 Å². The molecule has 0 bridgehead atoms. The third-order valence-electron chi connectivity index (χ3n) is 4.36. The molecule has 0 unspecified atom stereocenters. The van der Waals surface area contributed by atoms with Gasteiger partial charge < -0.3 is 11.5 Å². The Kier molecular flexibility index (Phi) is 3.35. The van der Waals surface area contributed by atoms with Gasteiger partial charge in [0.15, 0.2) is 5.78 Å². The van der Waals surface area contributed by atoms with Gasteiger partial charge in [0.1, 0.15) is 0 Å². The highest BCUT2D eigenvalue weighted by Gasteiger charge is 2.26. The predicted molar refractivity (Wildman–Crippen MR) is 99.5 cm³/mol. The maximum absolute atomic E-state index is 12.6. The summed E-state index contributed by atoms with van der Waals surface area (Å²) in [7, 11) is 0. The lowest BCUT2D eigenvalue weighted by Crippen LogP contribution is -1.96. The molecular weight excluding hydrogens is 312 g/mol. The molecule has 5 nitrogen and oxygen atoms in total. The third-order valence-corrected chi connectivity index (χ3v) is 4.36. The Morgan fingerprint density at radius 3 is 2.04 bits per heavy atom. The van der Waals surface area contributed by atoms with Crippen molar-refractivity contribution in [3.8, 4) is 11.1 Å². The van der Waals surface area contributed by atoms with Gasteiger partial charge >= 0.3 is 0 Å². The summed E-state index contributed by atoms with van der Waals surface area (Å²) in [5.74, 6) is -0.0299. The number of hydrogen-bond donors (Lipinski definition) is 2. The molecule has 0 spiro atoms. The van der Waals surface area contributed by atoms with E-state index in [1.54, 1.807) is 24.3 Å². The number of nitrogens with zero attached hydrogens (tertiary/aromatic N) is 2. The van der Waals surface area contributed by atoms with E-state index < -0.39 is 0 Å². The monoisotopic (exact) mass is 328 g/mol. The number of ketones is 1. The average molecular weight is 328 g/mol. The van der Waals surface area contributed by atoms with E-state index >= 15 is 0 Å². The molecule has 3 aromatic rings. The van der Waals surface area contributed by atoms with Crippen LogP contribution in [-0.2, 0) is 0 Å². The smallest absolute Gasteiger partial charge is 0.194 e. The highest BCUT2D eigenvalue weighted by atomic mass is 16.1. The Hall–Kier alpha value is -3.47. The van der Waals surface area contributed by atoms with Gasteiger partial charge in [-0.15, -0.1) is 0 Å². The van der Waals surface area contributed by atoms with Gasteiger partial charge in [-0.1, -0.05) is 12.1 Å². The number of azo groups is 1. The standard InChI is InChI=1S/C20H16N4O/c1-11-8-13(4-7-19(11)22)23-24-14-3-6-16-15-5-2-12(21)9-17(15)20(25)18(16)10-14/h2-10H,21-22H2,1H3/b24-23+. The third kappa shape index (κ3) is 2.55. The molecular formula is C20H16N4O. The van der Waals surface area contributed by atoms with Crippen molar-refractivity contribution >= 4 is 28.5 Å². The van der Waals surface area contributed by atoms with E-state index in [1.165, 1.54) is 0 Å². The molecule has 5 heteroatoms. The van der Waals surface area contributed by atoms with E-state index in [2.05, 4.69) is 10.2 Å². The number of nitrogen functional groups attached to an aromatic ring is 2. The lowest BCUT2D eigenvalue weighted by atomic mass is 10.1. The number of nitrogens with two attached hydrogens (primary N) is 2. The van der Waals surface area contributed by atoms with Crippen molar-refractivity contribution < 1.29 is 4.79 Å². The lowest BCUT2D eigenvalue weighted by molar-refractivity contribution is 0.104. The Balaban J connectivity index is 1.69. The van der Waals surface area contributed by atoms with E-state index in [9.17, 15) is 4.79 Å². The van der Waals surface area contributed by atoms with E-state index in [4.69, 9.17) is 11.5 Å². The van der Waals surface area contributed by atoms with E-state index in [0.717, 1.165) is 28.1 Å². The fourth-order valence-electron chi connectivity index (χ4n) is 2.98. The van der Waals surface area contributed by atoms with Crippen LogP contribution in [-0.4, -0.2) is 5.78 Å². The molecule has 0 atom stereocenters. The number of benzene rings is 3. The first-order chi connectivity index (χ1) is 12.0. The molecule has 1 aliphatic rings. The first-order valence-corrected chi connectivity index (χ1v) is 7.89. The van der Waals surface area contributed by atoms with Crippen molar-refractivity contribution in [2.75, 3.05) is 11.5 Å². The van der Waals surface area contributed by atoms with Crippen molar-refractivity contribution in [3.63, 3.8) is 0 Å². The van der Waals surface area contributed by atoms with Crippen LogP contribution in [0.4, 0.5) is 22.7 Å². The zero-order valence-electron chi connectivity index (χ0n) is 13.7. The van der Waals surface area contributed by atoms with Crippen LogP contribution in [0.3, 0.4) is 0 Å². The minimum absolute atomic E-state index is 0.0299. The minimum Gasteiger partial charge on any atom is -0.399 e. The number of rotatable bonds is 2. The molecule has 122 valence electrons. The number of anilines is 2. The van der Waals surface area contributed by atoms with Gasteiger partial charge in [0.05, 0.1) is 11.4 Å². The summed E-state index contributed by atoms with van der Waals surface area (Å²) in [4.78, 5) is 12.6. The Bertz CT molecular complexity index is 1050. The van der Waals surface area contributed by atoms with Gasteiger partial charge in [-0.05, 0) is 66.1 Å². The average Bonchev–Trinajstić information content (AvgIpc) is 2.88. The van der Waals surface area contributed by atoms with E-state index in [-0.39, 0.29) is 5.78 Å². The number of aryl methyl sites for hydroxylation is 1. The summed E-state index contributed by atoms with van der Waals surface area (Å²) in [5, 5.41) is 8.48. The summed E-state index contributed by atoms with van der Waals surface area (Å²) in [6.07, 6.45) is 0. The lowest BCUT2D eigenvalue weighted by Gasteiger charge is -2.01. The molecule has 0 radical (unpaired) electrons. The number of hydrogen-bond acceptors (Lipinski definition) is 5. The quantitative estimate of drug-likeness (QED) is 0.409. The second-order valence-corrected chi connectivity index (χ2v) is 6.10.